The SMILES string of the molecule is Cn1ccn(Cc2nccn2C(F)F)c1=O. The fraction of sp³-hybridized carbons (Fsp3) is 0.333. The molecule has 2 aromatic rings. The number of imidazole rings is 2. The predicted molar refractivity (Wildman–Crippen MR) is 52.3 cm³/mol. The molecule has 0 amide bonds. The van der Waals surface area contributed by atoms with E-state index in [1.165, 1.54) is 27.7 Å². The lowest BCUT2D eigenvalue weighted by molar-refractivity contribution is 0.0666. The van der Waals surface area contributed by atoms with E-state index in [0.29, 0.717) is 0 Å². The average molecular weight is 228 g/mol. The van der Waals surface area contributed by atoms with E-state index < -0.39 is 6.55 Å². The summed E-state index contributed by atoms with van der Waals surface area (Å²) in [5, 5.41) is 0. The lowest BCUT2D eigenvalue weighted by Crippen LogP contribution is -2.23. The Balaban J connectivity index is 2.31. The summed E-state index contributed by atoms with van der Waals surface area (Å²) in [6.45, 7) is -2.60. The third-order valence-corrected chi connectivity index (χ3v) is 2.29. The monoisotopic (exact) mass is 228 g/mol. The molecule has 0 N–H and O–H groups in total. The van der Waals surface area contributed by atoms with Crippen molar-refractivity contribution < 1.29 is 8.78 Å². The summed E-state index contributed by atoms with van der Waals surface area (Å²) in [6, 6.07) is 0. The lowest BCUT2D eigenvalue weighted by Gasteiger charge is -2.05. The van der Waals surface area contributed by atoms with Crippen molar-refractivity contribution in [2.45, 2.75) is 13.1 Å². The molecule has 86 valence electrons. The first-order chi connectivity index (χ1) is 7.59. The number of nitrogens with zero attached hydrogens (tertiary/aromatic N) is 4. The van der Waals surface area contributed by atoms with Gasteiger partial charge < -0.3 is 4.57 Å². The predicted octanol–water partition coefficient (Wildman–Crippen LogP) is 0.827. The van der Waals surface area contributed by atoms with Crippen LogP contribution in [0, 0.1) is 0 Å². The largest absolute Gasteiger partial charge is 0.328 e. The van der Waals surface area contributed by atoms with Gasteiger partial charge in [-0.3, -0.25) is 9.13 Å². The van der Waals surface area contributed by atoms with Crippen LogP contribution in [-0.4, -0.2) is 18.7 Å². The van der Waals surface area contributed by atoms with Crippen molar-refractivity contribution in [2.24, 2.45) is 7.05 Å². The number of hydrogen-bond acceptors (Lipinski definition) is 2. The van der Waals surface area contributed by atoms with Crippen molar-refractivity contribution in [1.29, 1.82) is 0 Å². The molecular weight excluding hydrogens is 218 g/mol. The zero-order chi connectivity index (χ0) is 11.7. The van der Waals surface area contributed by atoms with Crippen molar-refractivity contribution in [2.75, 3.05) is 0 Å². The van der Waals surface area contributed by atoms with Crippen molar-refractivity contribution in [3.63, 3.8) is 0 Å². The van der Waals surface area contributed by atoms with Gasteiger partial charge >= 0.3 is 12.2 Å². The Kier molecular flexibility index (Phi) is 2.59. The average Bonchev–Trinajstić information content (AvgIpc) is 2.80. The van der Waals surface area contributed by atoms with Crippen molar-refractivity contribution in [3.05, 3.63) is 41.1 Å². The molecule has 0 saturated heterocycles. The first kappa shape index (κ1) is 10.6. The fourth-order valence-corrected chi connectivity index (χ4v) is 1.43. The van der Waals surface area contributed by atoms with Gasteiger partial charge in [-0.05, 0) is 0 Å². The maximum Gasteiger partial charge on any atom is 0.328 e. The molecule has 0 aliphatic carbocycles. The zero-order valence-electron chi connectivity index (χ0n) is 8.55. The Bertz CT molecular complexity index is 540. The van der Waals surface area contributed by atoms with Gasteiger partial charge in [0.15, 0.2) is 0 Å². The highest BCUT2D eigenvalue weighted by molar-refractivity contribution is 4.95. The van der Waals surface area contributed by atoms with Gasteiger partial charge in [-0.2, -0.15) is 8.78 Å². The molecule has 0 radical (unpaired) electrons. The van der Waals surface area contributed by atoms with Crippen LogP contribution < -0.4 is 5.69 Å². The summed E-state index contributed by atoms with van der Waals surface area (Å²) in [4.78, 5) is 15.3. The molecule has 0 aliphatic rings. The number of aryl methyl sites for hydroxylation is 1. The second kappa shape index (κ2) is 3.92. The quantitative estimate of drug-likeness (QED) is 0.781. The molecule has 2 heterocycles. The molecule has 2 rings (SSSR count). The Morgan fingerprint density at radius 1 is 1.38 bits per heavy atom. The van der Waals surface area contributed by atoms with Gasteiger partial charge in [0.2, 0.25) is 0 Å². The minimum Gasteiger partial charge on any atom is -0.302 e. The normalized spacial score (nSPS) is 11.2. The van der Waals surface area contributed by atoms with Crippen molar-refractivity contribution in [1.82, 2.24) is 18.7 Å². The van der Waals surface area contributed by atoms with Crippen LogP contribution in [0.1, 0.15) is 12.4 Å². The maximum atomic E-state index is 12.5. The van der Waals surface area contributed by atoms with Gasteiger partial charge in [0.1, 0.15) is 5.82 Å². The Morgan fingerprint density at radius 2 is 2.12 bits per heavy atom. The van der Waals surface area contributed by atoms with Crippen LogP contribution in [-0.2, 0) is 13.6 Å². The van der Waals surface area contributed by atoms with Gasteiger partial charge in [0, 0.05) is 31.8 Å². The molecule has 0 aromatic carbocycles. The van der Waals surface area contributed by atoms with Crippen LogP contribution >= 0.6 is 0 Å². The molecule has 0 bridgehead atoms. The van der Waals surface area contributed by atoms with Crippen LogP contribution in [0.25, 0.3) is 0 Å². The van der Waals surface area contributed by atoms with Crippen molar-refractivity contribution in [3.8, 4) is 0 Å². The number of alkyl halides is 2. The van der Waals surface area contributed by atoms with Crippen LogP contribution in [0.4, 0.5) is 8.78 Å². The van der Waals surface area contributed by atoms with E-state index in [9.17, 15) is 13.6 Å². The molecule has 0 aliphatic heterocycles. The molecule has 0 fully saturated rings. The summed E-state index contributed by atoms with van der Waals surface area (Å²) < 4.78 is 28.4. The third kappa shape index (κ3) is 1.75. The van der Waals surface area contributed by atoms with Crippen LogP contribution in [0.5, 0.6) is 0 Å². The smallest absolute Gasteiger partial charge is 0.302 e. The van der Waals surface area contributed by atoms with E-state index >= 15 is 0 Å². The number of aromatic nitrogens is 4. The highest BCUT2D eigenvalue weighted by atomic mass is 19.3. The molecule has 5 nitrogen and oxygen atoms in total. The van der Waals surface area contributed by atoms with E-state index in [2.05, 4.69) is 4.98 Å². The Morgan fingerprint density at radius 3 is 2.69 bits per heavy atom. The molecule has 7 heteroatoms. The number of hydrogen-bond donors (Lipinski definition) is 0. The summed E-state index contributed by atoms with van der Waals surface area (Å²) in [7, 11) is 1.60. The molecule has 16 heavy (non-hydrogen) atoms. The van der Waals surface area contributed by atoms with Gasteiger partial charge in [0.05, 0.1) is 6.54 Å². The first-order valence-electron chi connectivity index (χ1n) is 4.61. The second-order valence-electron chi connectivity index (χ2n) is 3.35. The fourth-order valence-electron chi connectivity index (χ4n) is 1.43. The van der Waals surface area contributed by atoms with E-state index in [-0.39, 0.29) is 18.1 Å². The Labute approximate surface area is 89.6 Å². The lowest BCUT2D eigenvalue weighted by atomic mass is 10.5. The van der Waals surface area contributed by atoms with Crippen LogP contribution in [0.15, 0.2) is 29.6 Å². The van der Waals surface area contributed by atoms with E-state index in [0.717, 1.165) is 4.57 Å². The van der Waals surface area contributed by atoms with Gasteiger partial charge in [-0.1, -0.05) is 0 Å². The molecule has 0 atom stereocenters. The third-order valence-electron chi connectivity index (χ3n) is 2.29. The van der Waals surface area contributed by atoms with E-state index in [1.807, 2.05) is 0 Å². The molecule has 0 unspecified atom stereocenters. The Hall–Kier alpha value is -1.92. The second-order valence-corrected chi connectivity index (χ2v) is 3.35. The number of halogens is 2. The summed E-state index contributed by atoms with van der Waals surface area (Å²) in [5.74, 6) is 0.156. The molecular formula is C9H10F2N4O. The summed E-state index contributed by atoms with van der Waals surface area (Å²) >= 11 is 0. The minimum atomic E-state index is -2.64. The highest BCUT2D eigenvalue weighted by Crippen LogP contribution is 2.12. The first-order valence-corrected chi connectivity index (χ1v) is 4.61. The minimum absolute atomic E-state index is 0.0387. The van der Waals surface area contributed by atoms with E-state index in [1.54, 1.807) is 13.2 Å². The van der Waals surface area contributed by atoms with Gasteiger partial charge in [0.25, 0.3) is 0 Å². The summed E-state index contributed by atoms with van der Waals surface area (Å²) in [6.07, 6.45) is 5.58. The highest BCUT2D eigenvalue weighted by Gasteiger charge is 2.12. The molecule has 0 saturated carbocycles. The van der Waals surface area contributed by atoms with E-state index in [4.69, 9.17) is 0 Å². The molecule has 0 spiro atoms. The van der Waals surface area contributed by atoms with Crippen LogP contribution in [0.3, 0.4) is 0 Å². The topological polar surface area (TPSA) is 44.8 Å². The number of rotatable bonds is 3. The maximum absolute atomic E-state index is 12.5. The van der Waals surface area contributed by atoms with Gasteiger partial charge in [-0.15, -0.1) is 0 Å². The van der Waals surface area contributed by atoms with Crippen LogP contribution in [0.2, 0.25) is 0 Å². The molecule has 2 aromatic heterocycles. The van der Waals surface area contributed by atoms with Gasteiger partial charge in [-0.25, -0.2) is 9.78 Å². The summed E-state index contributed by atoms with van der Waals surface area (Å²) in [5.41, 5.74) is -0.260. The van der Waals surface area contributed by atoms with Crippen molar-refractivity contribution >= 4 is 0 Å². The standard InChI is InChI=1S/C9H10F2N4O/c1-13-4-5-14(9(13)16)6-7-12-2-3-15(7)8(10)11/h2-5,8H,6H2,1H3. The zero-order valence-corrected chi connectivity index (χ0v) is 8.55.